The van der Waals surface area contributed by atoms with E-state index in [2.05, 4.69) is 25.2 Å². The molecule has 0 aromatic rings. The summed E-state index contributed by atoms with van der Waals surface area (Å²) < 4.78 is 0. The summed E-state index contributed by atoms with van der Waals surface area (Å²) in [5.74, 6) is 1.93. The second kappa shape index (κ2) is 6.58. The van der Waals surface area contributed by atoms with Gasteiger partial charge >= 0.3 is 0 Å². The zero-order valence-corrected chi connectivity index (χ0v) is 11.7. The number of rotatable bonds is 5. The topological polar surface area (TPSA) is 12.0 Å². The maximum Gasteiger partial charge on any atom is 0.0307 e. The van der Waals surface area contributed by atoms with Crippen molar-refractivity contribution in [2.24, 2.45) is 11.8 Å². The smallest absolute Gasteiger partial charge is 0.0307 e. The Labute approximate surface area is 107 Å². The quantitative estimate of drug-likeness (QED) is 0.701. The van der Waals surface area contributed by atoms with E-state index in [0.717, 1.165) is 18.4 Å². The van der Waals surface area contributed by atoms with E-state index in [1.165, 1.54) is 51.4 Å². The molecule has 0 spiro atoms. The van der Waals surface area contributed by atoms with E-state index >= 15 is 0 Å². The van der Waals surface area contributed by atoms with Gasteiger partial charge < -0.3 is 5.32 Å². The summed E-state index contributed by atoms with van der Waals surface area (Å²) in [5.41, 5.74) is 1.74. The van der Waals surface area contributed by atoms with E-state index in [4.69, 9.17) is 0 Å². The van der Waals surface area contributed by atoms with Crippen molar-refractivity contribution in [3.8, 4) is 0 Å². The van der Waals surface area contributed by atoms with Crippen molar-refractivity contribution < 1.29 is 0 Å². The van der Waals surface area contributed by atoms with Crippen LogP contribution in [0.5, 0.6) is 0 Å². The molecule has 1 fully saturated rings. The molecule has 0 bridgehead atoms. The van der Waals surface area contributed by atoms with E-state index in [-0.39, 0.29) is 0 Å². The van der Waals surface area contributed by atoms with Gasteiger partial charge in [-0.25, -0.2) is 0 Å². The van der Waals surface area contributed by atoms with Gasteiger partial charge in [-0.15, -0.1) is 0 Å². The van der Waals surface area contributed by atoms with Crippen LogP contribution in [0.25, 0.3) is 0 Å². The number of hydrogen-bond donors (Lipinski definition) is 1. The Bertz CT molecular complexity index is 256. The molecule has 0 aromatic carbocycles. The van der Waals surface area contributed by atoms with Crippen molar-refractivity contribution in [3.05, 3.63) is 11.6 Å². The molecule has 0 radical (unpaired) electrons. The van der Waals surface area contributed by atoms with Crippen LogP contribution in [0.1, 0.15) is 65.2 Å². The van der Waals surface area contributed by atoms with Gasteiger partial charge in [0.05, 0.1) is 0 Å². The number of hydrogen-bond acceptors (Lipinski definition) is 1. The van der Waals surface area contributed by atoms with Gasteiger partial charge in [0, 0.05) is 6.04 Å². The Morgan fingerprint density at radius 2 is 2.18 bits per heavy atom. The predicted molar refractivity (Wildman–Crippen MR) is 75.1 cm³/mol. The minimum Gasteiger partial charge on any atom is -0.310 e. The van der Waals surface area contributed by atoms with Crippen LogP contribution in [-0.4, -0.2) is 12.6 Å². The zero-order chi connectivity index (χ0) is 12.1. The lowest BCUT2D eigenvalue weighted by atomic mass is 9.85. The average molecular weight is 235 g/mol. The fourth-order valence-electron chi connectivity index (χ4n) is 3.75. The molecule has 0 aliphatic heterocycles. The van der Waals surface area contributed by atoms with Gasteiger partial charge in [0.2, 0.25) is 0 Å². The van der Waals surface area contributed by atoms with Crippen LogP contribution in [0, 0.1) is 11.8 Å². The molecule has 2 rings (SSSR count). The van der Waals surface area contributed by atoms with Crippen LogP contribution in [0.3, 0.4) is 0 Å². The molecular formula is C16H29N. The first-order chi connectivity index (χ1) is 8.35. The molecule has 3 unspecified atom stereocenters. The molecule has 1 N–H and O–H groups in total. The molecule has 98 valence electrons. The van der Waals surface area contributed by atoms with Crippen LogP contribution in [0.2, 0.25) is 0 Å². The number of likely N-dealkylation sites (N-methyl/N-ethyl adjacent to an activating group) is 1. The minimum atomic E-state index is 0.705. The molecule has 1 saturated carbocycles. The van der Waals surface area contributed by atoms with Crippen molar-refractivity contribution in [1.82, 2.24) is 5.32 Å². The third-order valence-corrected chi connectivity index (χ3v) is 4.78. The Hall–Kier alpha value is -0.300. The lowest BCUT2D eigenvalue weighted by Crippen LogP contribution is -2.37. The van der Waals surface area contributed by atoms with Crippen molar-refractivity contribution >= 4 is 0 Å². The van der Waals surface area contributed by atoms with Crippen molar-refractivity contribution in [1.29, 1.82) is 0 Å². The standard InChI is InChI=1S/C16H29N/c1-3-13-10-11-15(12-13)16(17-4-2)14-8-6-5-7-9-14/h8,13,15-17H,3-7,9-12H2,1-2H3. The Balaban J connectivity index is 1.99. The molecule has 0 saturated heterocycles. The summed E-state index contributed by atoms with van der Waals surface area (Å²) in [6.07, 6.45) is 13.8. The molecule has 1 nitrogen and oxygen atoms in total. The summed E-state index contributed by atoms with van der Waals surface area (Å²) in [7, 11) is 0. The molecule has 0 aromatic heterocycles. The van der Waals surface area contributed by atoms with E-state index in [0.29, 0.717) is 6.04 Å². The van der Waals surface area contributed by atoms with Crippen molar-refractivity contribution in [3.63, 3.8) is 0 Å². The summed E-state index contributed by atoms with van der Waals surface area (Å²) in [6, 6.07) is 0.705. The Morgan fingerprint density at radius 1 is 1.29 bits per heavy atom. The van der Waals surface area contributed by atoms with Crippen molar-refractivity contribution in [2.45, 2.75) is 71.3 Å². The lowest BCUT2D eigenvalue weighted by molar-refractivity contribution is 0.375. The third kappa shape index (κ3) is 3.34. The molecule has 0 amide bonds. The van der Waals surface area contributed by atoms with Gasteiger partial charge in [-0.1, -0.05) is 38.3 Å². The highest BCUT2D eigenvalue weighted by molar-refractivity contribution is 5.15. The zero-order valence-electron chi connectivity index (χ0n) is 11.7. The van der Waals surface area contributed by atoms with Crippen LogP contribution in [0.15, 0.2) is 11.6 Å². The molecule has 17 heavy (non-hydrogen) atoms. The SMILES string of the molecule is CCNC(C1=CCCCC1)C1CCC(CC)C1. The molecule has 2 aliphatic carbocycles. The summed E-state index contributed by atoms with van der Waals surface area (Å²) in [5, 5.41) is 3.77. The minimum absolute atomic E-state index is 0.705. The van der Waals surface area contributed by atoms with E-state index in [1.807, 2.05) is 0 Å². The maximum absolute atomic E-state index is 3.77. The predicted octanol–water partition coefficient (Wildman–Crippen LogP) is 4.29. The molecule has 2 aliphatic rings. The lowest BCUT2D eigenvalue weighted by Gasteiger charge is -2.29. The molecule has 1 heteroatoms. The third-order valence-electron chi connectivity index (χ3n) is 4.78. The van der Waals surface area contributed by atoms with Gasteiger partial charge in [-0.05, 0) is 56.9 Å². The highest BCUT2D eigenvalue weighted by Gasteiger charge is 2.31. The second-order valence-corrected chi connectivity index (χ2v) is 5.91. The van der Waals surface area contributed by atoms with Crippen LogP contribution >= 0.6 is 0 Å². The first kappa shape index (κ1) is 13.1. The second-order valence-electron chi connectivity index (χ2n) is 5.91. The fourth-order valence-corrected chi connectivity index (χ4v) is 3.75. The molecule has 0 heterocycles. The highest BCUT2D eigenvalue weighted by atomic mass is 14.9. The maximum atomic E-state index is 3.77. The van der Waals surface area contributed by atoms with Crippen LogP contribution in [-0.2, 0) is 0 Å². The van der Waals surface area contributed by atoms with E-state index in [1.54, 1.807) is 5.57 Å². The molecule has 3 atom stereocenters. The summed E-state index contributed by atoms with van der Waals surface area (Å²) in [4.78, 5) is 0. The van der Waals surface area contributed by atoms with Gasteiger partial charge in [-0.3, -0.25) is 0 Å². The van der Waals surface area contributed by atoms with Crippen LogP contribution in [0.4, 0.5) is 0 Å². The average Bonchev–Trinajstić information content (AvgIpc) is 2.85. The summed E-state index contributed by atoms with van der Waals surface area (Å²) >= 11 is 0. The first-order valence-corrected chi connectivity index (χ1v) is 7.77. The highest BCUT2D eigenvalue weighted by Crippen LogP contribution is 2.38. The Kier molecular flexibility index (Phi) is 5.09. The van der Waals surface area contributed by atoms with E-state index < -0.39 is 0 Å². The van der Waals surface area contributed by atoms with Gasteiger partial charge in [-0.2, -0.15) is 0 Å². The van der Waals surface area contributed by atoms with Crippen LogP contribution < -0.4 is 5.32 Å². The molecular weight excluding hydrogens is 206 g/mol. The number of nitrogens with one attached hydrogen (secondary N) is 1. The largest absolute Gasteiger partial charge is 0.310 e. The number of allylic oxidation sites excluding steroid dienone is 1. The first-order valence-electron chi connectivity index (χ1n) is 7.77. The summed E-state index contributed by atoms with van der Waals surface area (Å²) in [6.45, 7) is 5.73. The van der Waals surface area contributed by atoms with Gasteiger partial charge in [0.1, 0.15) is 0 Å². The van der Waals surface area contributed by atoms with Crippen molar-refractivity contribution in [2.75, 3.05) is 6.54 Å². The Morgan fingerprint density at radius 3 is 2.76 bits per heavy atom. The van der Waals surface area contributed by atoms with Gasteiger partial charge in [0.25, 0.3) is 0 Å². The van der Waals surface area contributed by atoms with Gasteiger partial charge in [0.15, 0.2) is 0 Å². The normalized spacial score (nSPS) is 31.3. The van der Waals surface area contributed by atoms with E-state index in [9.17, 15) is 0 Å². The monoisotopic (exact) mass is 235 g/mol. The fraction of sp³-hybridized carbons (Fsp3) is 0.875.